The van der Waals surface area contributed by atoms with Crippen molar-refractivity contribution in [1.29, 1.82) is 0 Å². The number of nitrogens with one attached hydrogen (secondary N) is 1. The van der Waals surface area contributed by atoms with E-state index in [1.165, 1.54) is 18.3 Å². The largest absolute Gasteiger partial charge is 0.383 e. The summed E-state index contributed by atoms with van der Waals surface area (Å²) in [7, 11) is 0. The average Bonchev–Trinajstić information content (AvgIpc) is 2.98. The summed E-state index contributed by atoms with van der Waals surface area (Å²) in [6.07, 6.45) is 1.90. The van der Waals surface area contributed by atoms with Gasteiger partial charge in [-0.05, 0) is 17.7 Å². The van der Waals surface area contributed by atoms with Crippen molar-refractivity contribution in [1.82, 2.24) is 20.3 Å². The third-order valence-electron chi connectivity index (χ3n) is 2.62. The molecule has 0 aliphatic rings. The van der Waals surface area contributed by atoms with Crippen molar-refractivity contribution >= 4 is 5.82 Å². The fraction of sp³-hybridized carbons (Fsp3) is 0.0833. The lowest BCUT2D eigenvalue weighted by atomic mass is 10.1. The molecule has 6 nitrogen and oxygen atoms in total. The Bertz CT molecular complexity index is 705. The maximum Gasteiger partial charge on any atom is 0.263 e. The highest BCUT2D eigenvalue weighted by molar-refractivity contribution is 5.65. The van der Waals surface area contributed by atoms with Gasteiger partial charge in [-0.15, -0.1) is 0 Å². The van der Waals surface area contributed by atoms with E-state index in [-0.39, 0.29) is 11.7 Å². The van der Waals surface area contributed by atoms with Gasteiger partial charge in [-0.25, -0.2) is 4.39 Å². The normalized spacial score (nSPS) is 10.8. The number of nitrogens with two attached hydrogens (primary N) is 1. The third kappa shape index (κ3) is 2.30. The zero-order valence-corrected chi connectivity index (χ0v) is 9.80. The van der Waals surface area contributed by atoms with E-state index >= 15 is 0 Å². The molecule has 0 fully saturated rings. The summed E-state index contributed by atoms with van der Waals surface area (Å²) < 4.78 is 18.2. The van der Waals surface area contributed by atoms with Crippen molar-refractivity contribution in [3.05, 3.63) is 47.7 Å². The topological polar surface area (TPSA) is 93.6 Å². The van der Waals surface area contributed by atoms with Crippen LogP contribution in [0.2, 0.25) is 0 Å². The standard InChI is InChI=1S/C12H10FN5O/c13-8-3-1-2-7(4-8)5-10-16-12(19-18-10)9-6-15-17-11(9)14/h1-4,6H,5H2,(H3,14,15,17). The number of benzene rings is 1. The Kier molecular flexibility index (Phi) is 2.71. The Hall–Kier alpha value is -2.70. The van der Waals surface area contributed by atoms with Crippen LogP contribution in [0.25, 0.3) is 11.5 Å². The molecule has 0 bridgehead atoms. The molecule has 2 heterocycles. The Balaban J connectivity index is 1.84. The lowest BCUT2D eigenvalue weighted by molar-refractivity contribution is 0.424. The Labute approximate surface area is 107 Å². The molecule has 0 unspecified atom stereocenters. The predicted octanol–water partition coefficient (Wildman–Crippen LogP) is 1.77. The average molecular weight is 259 g/mol. The molecule has 0 saturated carbocycles. The van der Waals surface area contributed by atoms with Crippen molar-refractivity contribution in [2.45, 2.75) is 6.42 Å². The van der Waals surface area contributed by atoms with Crippen molar-refractivity contribution in [2.24, 2.45) is 0 Å². The van der Waals surface area contributed by atoms with Crippen LogP contribution in [0, 0.1) is 5.82 Å². The summed E-state index contributed by atoms with van der Waals surface area (Å²) in [5.74, 6) is 0.820. The van der Waals surface area contributed by atoms with E-state index in [4.69, 9.17) is 10.3 Å². The summed E-state index contributed by atoms with van der Waals surface area (Å²) in [6, 6.07) is 6.25. The zero-order chi connectivity index (χ0) is 13.2. The van der Waals surface area contributed by atoms with E-state index in [0.717, 1.165) is 5.56 Å². The molecule has 0 aliphatic heterocycles. The molecular formula is C12H10FN5O. The molecule has 96 valence electrons. The number of anilines is 1. The van der Waals surface area contributed by atoms with E-state index in [1.54, 1.807) is 12.1 Å². The minimum absolute atomic E-state index is 0.289. The molecule has 0 atom stereocenters. The van der Waals surface area contributed by atoms with Gasteiger partial charge in [-0.1, -0.05) is 17.3 Å². The molecule has 0 aliphatic carbocycles. The summed E-state index contributed by atoms with van der Waals surface area (Å²) in [4.78, 5) is 4.20. The Morgan fingerprint density at radius 1 is 1.37 bits per heavy atom. The minimum atomic E-state index is -0.291. The molecule has 19 heavy (non-hydrogen) atoms. The molecule has 3 rings (SSSR count). The van der Waals surface area contributed by atoms with Crippen LogP contribution in [-0.2, 0) is 6.42 Å². The van der Waals surface area contributed by atoms with Gasteiger partial charge in [-0.3, -0.25) is 5.10 Å². The van der Waals surface area contributed by atoms with E-state index in [9.17, 15) is 4.39 Å². The smallest absolute Gasteiger partial charge is 0.263 e. The second-order valence-electron chi connectivity index (χ2n) is 4.02. The number of aromatic nitrogens is 4. The molecule has 2 aromatic heterocycles. The summed E-state index contributed by atoms with van der Waals surface area (Å²) >= 11 is 0. The summed E-state index contributed by atoms with van der Waals surface area (Å²) in [5.41, 5.74) is 6.98. The maximum absolute atomic E-state index is 13.1. The van der Waals surface area contributed by atoms with Crippen molar-refractivity contribution < 1.29 is 8.91 Å². The van der Waals surface area contributed by atoms with Crippen molar-refractivity contribution in [2.75, 3.05) is 5.73 Å². The third-order valence-corrected chi connectivity index (χ3v) is 2.62. The molecule has 7 heteroatoms. The SMILES string of the molecule is Nc1[nH]ncc1-c1nc(Cc2cccc(F)c2)no1. The monoisotopic (exact) mass is 259 g/mol. The number of nitrogens with zero attached hydrogens (tertiary/aromatic N) is 3. The van der Waals surface area contributed by atoms with E-state index in [2.05, 4.69) is 20.3 Å². The highest BCUT2D eigenvalue weighted by atomic mass is 19.1. The van der Waals surface area contributed by atoms with Gasteiger partial charge in [0.1, 0.15) is 17.2 Å². The second kappa shape index (κ2) is 4.52. The first-order valence-electron chi connectivity index (χ1n) is 5.58. The van der Waals surface area contributed by atoms with Gasteiger partial charge >= 0.3 is 0 Å². The number of hydrogen-bond acceptors (Lipinski definition) is 5. The lowest BCUT2D eigenvalue weighted by Gasteiger charge is -1.95. The number of halogens is 1. The lowest BCUT2D eigenvalue weighted by Crippen LogP contribution is -1.92. The molecular weight excluding hydrogens is 249 g/mol. The van der Waals surface area contributed by atoms with Crippen LogP contribution in [0.15, 0.2) is 35.0 Å². The van der Waals surface area contributed by atoms with Crippen molar-refractivity contribution in [3.8, 4) is 11.5 Å². The first-order chi connectivity index (χ1) is 9.22. The van der Waals surface area contributed by atoms with E-state index in [1.807, 2.05) is 0 Å². The highest BCUT2D eigenvalue weighted by Gasteiger charge is 2.13. The minimum Gasteiger partial charge on any atom is -0.383 e. The van der Waals surface area contributed by atoms with Gasteiger partial charge in [0, 0.05) is 6.42 Å². The molecule has 1 aromatic carbocycles. The molecule has 3 N–H and O–H groups in total. The first kappa shape index (κ1) is 11.4. The van der Waals surface area contributed by atoms with E-state index < -0.39 is 0 Å². The summed E-state index contributed by atoms with van der Waals surface area (Å²) in [5, 5.41) is 10.2. The fourth-order valence-corrected chi connectivity index (χ4v) is 1.73. The number of hydrogen-bond donors (Lipinski definition) is 2. The Morgan fingerprint density at radius 3 is 3.00 bits per heavy atom. The van der Waals surface area contributed by atoms with Crippen LogP contribution in [0.3, 0.4) is 0 Å². The highest BCUT2D eigenvalue weighted by Crippen LogP contribution is 2.21. The zero-order valence-electron chi connectivity index (χ0n) is 9.80. The molecule has 0 amide bonds. The quantitative estimate of drug-likeness (QED) is 0.747. The number of nitrogen functional groups attached to an aromatic ring is 1. The summed E-state index contributed by atoms with van der Waals surface area (Å²) in [6.45, 7) is 0. The van der Waals surface area contributed by atoms with Crippen LogP contribution in [0.4, 0.5) is 10.2 Å². The van der Waals surface area contributed by atoms with Gasteiger partial charge in [0.05, 0.1) is 6.20 Å². The van der Waals surface area contributed by atoms with Crippen LogP contribution in [-0.4, -0.2) is 20.3 Å². The fourth-order valence-electron chi connectivity index (χ4n) is 1.73. The molecule has 0 spiro atoms. The van der Waals surface area contributed by atoms with Crippen LogP contribution in [0.5, 0.6) is 0 Å². The molecule has 3 aromatic rings. The molecule has 0 saturated heterocycles. The van der Waals surface area contributed by atoms with Gasteiger partial charge in [0.2, 0.25) is 0 Å². The van der Waals surface area contributed by atoms with Crippen LogP contribution < -0.4 is 5.73 Å². The Morgan fingerprint density at radius 2 is 2.26 bits per heavy atom. The van der Waals surface area contributed by atoms with Gasteiger partial charge in [0.25, 0.3) is 5.89 Å². The van der Waals surface area contributed by atoms with Gasteiger partial charge in [-0.2, -0.15) is 10.1 Å². The van der Waals surface area contributed by atoms with Gasteiger partial charge < -0.3 is 10.3 Å². The maximum atomic E-state index is 13.1. The van der Waals surface area contributed by atoms with Crippen LogP contribution >= 0.6 is 0 Å². The van der Waals surface area contributed by atoms with Crippen LogP contribution in [0.1, 0.15) is 11.4 Å². The number of rotatable bonds is 3. The predicted molar refractivity (Wildman–Crippen MR) is 65.5 cm³/mol. The number of H-pyrrole nitrogens is 1. The van der Waals surface area contributed by atoms with Crippen molar-refractivity contribution in [3.63, 3.8) is 0 Å². The van der Waals surface area contributed by atoms with E-state index in [0.29, 0.717) is 23.6 Å². The first-order valence-corrected chi connectivity index (χ1v) is 5.58. The van der Waals surface area contributed by atoms with Gasteiger partial charge in [0.15, 0.2) is 5.82 Å². The second-order valence-corrected chi connectivity index (χ2v) is 4.02. The number of aromatic amines is 1. The molecule has 0 radical (unpaired) electrons.